The molecule has 12 heavy (non-hydrogen) atoms. The van der Waals surface area contributed by atoms with Gasteiger partial charge in [-0.1, -0.05) is 13.3 Å². The van der Waals surface area contributed by atoms with Crippen LogP contribution in [-0.4, -0.2) is 11.9 Å². The number of fused-ring (bicyclic) bond motifs is 2. The summed E-state index contributed by atoms with van der Waals surface area (Å²) in [6, 6.07) is 0.524. The molecule has 0 aromatic carbocycles. The van der Waals surface area contributed by atoms with Gasteiger partial charge in [-0.2, -0.15) is 0 Å². The first-order valence-corrected chi connectivity index (χ1v) is 5.09. The van der Waals surface area contributed by atoms with Crippen LogP contribution in [0, 0.1) is 11.8 Å². The third kappa shape index (κ3) is 1.35. The van der Waals surface area contributed by atoms with E-state index in [2.05, 4.69) is 5.32 Å². The largest absolute Gasteiger partial charge is 0.353 e. The zero-order chi connectivity index (χ0) is 8.55. The lowest BCUT2D eigenvalue weighted by Crippen LogP contribution is -2.37. The molecule has 0 spiro atoms. The van der Waals surface area contributed by atoms with Gasteiger partial charge in [0.05, 0.1) is 0 Å². The predicted octanol–water partition coefficient (Wildman–Crippen LogP) is 1.70. The minimum atomic E-state index is 0.229. The lowest BCUT2D eigenvalue weighted by atomic mass is 9.95. The highest BCUT2D eigenvalue weighted by Gasteiger charge is 2.39. The number of amides is 1. The van der Waals surface area contributed by atoms with Crippen molar-refractivity contribution in [3.8, 4) is 0 Å². The normalized spacial score (nSPS) is 38.6. The lowest BCUT2D eigenvalue weighted by Gasteiger charge is -2.22. The molecule has 1 N–H and O–H groups in total. The molecule has 2 saturated carbocycles. The Kier molecular flexibility index (Phi) is 2.07. The van der Waals surface area contributed by atoms with Crippen LogP contribution in [0.3, 0.4) is 0 Å². The quantitative estimate of drug-likeness (QED) is 0.666. The topological polar surface area (TPSA) is 29.1 Å². The Morgan fingerprint density at radius 3 is 2.75 bits per heavy atom. The van der Waals surface area contributed by atoms with Gasteiger partial charge in [0, 0.05) is 12.5 Å². The second kappa shape index (κ2) is 3.08. The van der Waals surface area contributed by atoms with Crippen molar-refractivity contribution in [2.75, 3.05) is 0 Å². The third-order valence-electron chi connectivity index (χ3n) is 3.41. The van der Waals surface area contributed by atoms with Crippen LogP contribution in [0.25, 0.3) is 0 Å². The van der Waals surface area contributed by atoms with E-state index in [0.717, 1.165) is 11.8 Å². The SMILES string of the molecule is CCC(=O)NC1CC2CCC1C2. The molecule has 68 valence electrons. The molecule has 1 amide bonds. The van der Waals surface area contributed by atoms with Gasteiger partial charge in [0.1, 0.15) is 0 Å². The highest BCUT2D eigenvalue weighted by atomic mass is 16.1. The average molecular weight is 167 g/mol. The van der Waals surface area contributed by atoms with E-state index < -0.39 is 0 Å². The van der Waals surface area contributed by atoms with Crippen molar-refractivity contribution in [2.45, 2.75) is 45.1 Å². The molecule has 2 bridgehead atoms. The fourth-order valence-corrected chi connectivity index (χ4v) is 2.73. The number of hydrogen-bond donors (Lipinski definition) is 1. The summed E-state index contributed by atoms with van der Waals surface area (Å²) in [7, 11) is 0. The maximum absolute atomic E-state index is 11.1. The molecule has 2 aliphatic carbocycles. The van der Waals surface area contributed by atoms with Crippen LogP contribution in [0.15, 0.2) is 0 Å². The van der Waals surface area contributed by atoms with E-state index >= 15 is 0 Å². The van der Waals surface area contributed by atoms with E-state index in [0.29, 0.717) is 12.5 Å². The lowest BCUT2D eigenvalue weighted by molar-refractivity contribution is -0.121. The Balaban J connectivity index is 1.86. The maximum Gasteiger partial charge on any atom is 0.219 e. The van der Waals surface area contributed by atoms with E-state index in [1.807, 2.05) is 6.92 Å². The Bertz CT molecular complexity index is 190. The fourth-order valence-electron chi connectivity index (χ4n) is 2.73. The molecule has 0 saturated heterocycles. The van der Waals surface area contributed by atoms with E-state index in [4.69, 9.17) is 0 Å². The monoisotopic (exact) mass is 167 g/mol. The van der Waals surface area contributed by atoms with E-state index in [1.54, 1.807) is 0 Å². The number of nitrogens with one attached hydrogen (secondary N) is 1. The Labute approximate surface area is 73.7 Å². The zero-order valence-corrected chi connectivity index (χ0v) is 7.68. The molecule has 0 aromatic rings. The van der Waals surface area contributed by atoms with Crippen molar-refractivity contribution in [1.29, 1.82) is 0 Å². The molecule has 2 aliphatic rings. The van der Waals surface area contributed by atoms with Crippen molar-refractivity contribution < 1.29 is 4.79 Å². The van der Waals surface area contributed by atoms with Crippen molar-refractivity contribution in [2.24, 2.45) is 11.8 Å². The van der Waals surface area contributed by atoms with Gasteiger partial charge in [-0.05, 0) is 31.1 Å². The Morgan fingerprint density at radius 1 is 1.42 bits per heavy atom. The number of carbonyl (C=O) groups is 1. The van der Waals surface area contributed by atoms with E-state index in [-0.39, 0.29) is 5.91 Å². The van der Waals surface area contributed by atoms with E-state index in [9.17, 15) is 4.79 Å². The van der Waals surface area contributed by atoms with Gasteiger partial charge < -0.3 is 5.32 Å². The molecule has 2 nitrogen and oxygen atoms in total. The summed E-state index contributed by atoms with van der Waals surface area (Å²) < 4.78 is 0. The standard InChI is InChI=1S/C10H17NO/c1-2-10(12)11-9-6-7-3-4-8(9)5-7/h7-9H,2-6H2,1H3,(H,11,12). The summed E-state index contributed by atoms with van der Waals surface area (Å²) in [6.45, 7) is 1.92. The smallest absolute Gasteiger partial charge is 0.219 e. The van der Waals surface area contributed by atoms with Crippen LogP contribution < -0.4 is 5.32 Å². The molecule has 0 heterocycles. The van der Waals surface area contributed by atoms with Gasteiger partial charge in [0.2, 0.25) is 5.91 Å². The van der Waals surface area contributed by atoms with Gasteiger partial charge in [-0.3, -0.25) is 4.79 Å². The fraction of sp³-hybridized carbons (Fsp3) is 0.900. The van der Waals surface area contributed by atoms with Crippen LogP contribution in [-0.2, 0) is 4.79 Å². The van der Waals surface area contributed by atoms with Crippen LogP contribution in [0.4, 0.5) is 0 Å². The molecule has 0 radical (unpaired) electrons. The summed E-state index contributed by atoms with van der Waals surface area (Å²) >= 11 is 0. The zero-order valence-electron chi connectivity index (χ0n) is 7.68. The van der Waals surface area contributed by atoms with Crippen LogP contribution in [0.5, 0.6) is 0 Å². The molecule has 2 rings (SSSR count). The molecule has 3 unspecified atom stereocenters. The highest BCUT2D eigenvalue weighted by molar-refractivity contribution is 5.75. The minimum absolute atomic E-state index is 0.229. The summed E-state index contributed by atoms with van der Waals surface area (Å²) in [5.41, 5.74) is 0. The minimum Gasteiger partial charge on any atom is -0.353 e. The first-order valence-electron chi connectivity index (χ1n) is 5.09. The summed E-state index contributed by atoms with van der Waals surface area (Å²) in [5.74, 6) is 1.97. The van der Waals surface area contributed by atoms with Crippen LogP contribution >= 0.6 is 0 Å². The van der Waals surface area contributed by atoms with Gasteiger partial charge in [-0.15, -0.1) is 0 Å². The van der Waals surface area contributed by atoms with Gasteiger partial charge in [0.25, 0.3) is 0 Å². The number of hydrogen-bond acceptors (Lipinski definition) is 1. The van der Waals surface area contributed by atoms with Gasteiger partial charge >= 0.3 is 0 Å². The summed E-state index contributed by atoms with van der Waals surface area (Å²) in [6.07, 6.45) is 6.00. The second-order valence-corrected chi connectivity index (χ2v) is 4.20. The predicted molar refractivity (Wildman–Crippen MR) is 47.7 cm³/mol. The molecule has 0 aromatic heterocycles. The Morgan fingerprint density at radius 2 is 2.25 bits per heavy atom. The van der Waals surface area contributed by atoms with Gasteiger partial charge in [0.15, 0.2) is 0 Å². The number of carbonyl (C=O) groups excluding carboxylic acids is 1. The van der Waals surface area contributed by atoms with Crippen LogP contribution in [0.2, 0.25) is 0 Å². The van der Waals surface area contributed by atoms with Crippen molar-refractivity contribution in [3.63, 3.8) is 0 Å². The van der Waals surface area contributed by atoms with Crippen molar-refractivity contribution >= 4 is 5.91 Å². The molecule has 3 atom stereocenters. The molecular weight excluding hydrogens is 150 g/mol. The van der Waals surface area contributed by atoms with E-state index in [1.165, 1.54) is 25.7 Å². The first-order chi connectivity index (χ1) is 5.79. The number of rotatable bonds is 2. The molecular formula is C10H17NO. The van der Waals surface area contributed by atoms with Gasteiger partial charge in [-0.25, -0.2) is 0 Å². The first kappa shape index (κ1) is 8.09. The summed E-state index contributed by atoms with van der Waals surface area (Å²) in [5, 5.41) is 3.12. The second-order valence-electron chi connectivity index (χ2n) is 4.20. The van der Waals surface area contributed by atoms with Crippen LogP contribution in [0.1, 0.15) is 39.0 Å². The molecule has 0 aliphatic heterocycles. The third-order valence-corrected chi connectivity index (χ3v) is 3.41. The highest BCUT2D eigenvalue weighted by Crippen LogP contribution is 2.44. The maximum atomic E-state index is 11.1. The van der Waals surface area contributed by atoms with Crippen molar-refractivity contribution in [1.82, 2.24) is 5.32 Å². The van der Waals surface area contributed by atoms with Crippen molar-refractivity contribution in [3.05, 3.63) is 0 Å². The molecule has 2 heteroatoms. The average Bonchev–Trinajstić information content (AvgIpc) is 2.64. The molecule has 2 fully saturated rings. The summed E-state index contributed by atoms with van der Waals surface area (Å²) in [4.78, 5) is 11.1. The Hall–Kier alpha value is -0.530.